The normalized spacial score (nSPS) is 20.5. The van der Waals surface area contributed by atoms with Crippen LogP contribution >= 0.6 is 12.2 Å². The minimum atomic E-state index is -0.0423. The zero-order chi connectivity index (χ0) is 17.4. The summed E-state index contributed by atoms with van der Waals surface area (Å²) in [7, 11) is 0. The van der Waals surface area contributed by atoms with Gasteiger partial charge < -0.3 is 20.6 Å². The second kappa shape index (κ2) is 9.39. The molecule has 1 fully saturated rings. The molecule has 24 heavy (non-hydrogen) atoms. The predicted octanol–water partition coefficient (Wildman–Crippen LogP) is 1.54. The number of nitrogens with one attached hydrogen (secondary N) is 2. The van der Waals surface area contributed by atoms with Crippen molar-refractivity contribution in [3.8, 4) is 0 Å². The van der Waals surface area contributed by atoms with Gasteiger partial charge in [0.05, 0.1) is 6.61 Å². The molecule has 130 valence electrons. The first-order chi connectivity index (χ1) is 11.6. The second-order valence-corrected chi connectivity index (χ2v) is 6.44. The zero-order valence-corrected chi connectivity index (χ0v) is 14.8. The molecule has 2 atom stereocenters. The van der Waals surface area contributed by atoms with Crippen molar-refractivity contribution in [2.24, 2.45) is 0 Å². The van der Waals surface area contributed by atoms with Crippen LogP contribution in [-0.2, 0) is 4.79 Å². The van der Waals surface area contributed by atoms with Gasteiger partial charge in [-0.3, -0.25) is 4.79 Å². The molecule has 0 bridgehead atoms. The van der Waals surface area contributed by atoms with Gasteiger partial charge in [-0.2, -0.15) is 0 Å². The third kappa shape index (κ3) is 5.94. The maximum Gasteiger partial charge on any atom is 0.224 e. The Morgan fingerprint density at radius 3 is 2.79 bits per heavy atom. The fraction of sp³-hybridized carbons (Fsp3) is 0.444. The van der Waals surface area contributed by atoms with Gasteiger partial charge in [0.25, 0.3) is 0 Å². The van der Waals surface area contributed by atoms with Crippen LogP contribution in [0.2, 0.25) is 0 Å². The van der Waals surface area contributed by atoms with Gasteiger partial charge in [0, 0.05) is 31.6 Å². The summed E-state index contributed by atoms with van der Waals surface area (Å²) in [6.07, 6.45) is 5.16. The van der Waals surface area contributed by atoms with Crippen molar-refractivity contribution >= 4 is 29.3 Å². The molecule has 5 nitrogen and oxygen atoms in total. The van der Waals surface area contributed by atoms with Crippen molar-refractivity contribution in [2.75, 3.05) is 19.7 Å². The Morgan fingerprint density at radius 1 is 1.38 bits per heavy atom. The van der Waals surface area contributed by atoms with Gasteiger partial charge in [0.15, 0.2) is 5.11 Å². The van der Waals surface area contributed by atoms with E-state index in [4.69, 9.17) is 12.2 Å². The van der Waals surface area contributed by atoms with Crippen LogP contribution in [0.3, 0.4) is 0 Å². The van der Waals surface area contributed by atoms with E-state index >= 15 is 0 Å². The van der Waals surface area contributed by atoms with Crippen LogP contribution in [0.5, 0.6) is 0 Å². The van der Waals surface area contributed by atoms with Crippen LogP contribution in [0.4, 0.5) is 0 Å². The SMILES string of the molecule is C[C@@H]1C[C@@H](CC(=O)N(CC=Cc2ccccc2)CCO)NC(=S)N1. The standard InChI is InChI=1S/C18H25N3O2S/c1-14-12-16(20-18(24)19-14)13-17(23)21(10-11-22)9-5-8-15-6-3-2-4-7-15/h2-8,14,16,22H,9-13H2,1H3,(H2,19,20,24)/t14-,16+/m1/s1. The first-order valence-corrected chi connectivity index (χ1v) is 8.66. The number of amides is 1. The molecule has 0 unspecified atom stereocenters. The minimum absolute atomic E-state index is 0.0242. The smallest absolute Gasteiger partial charge is 0.224 e. The molecule has 0 saturated carbocycles. The van der Waals surface area contributed by atoms with Crippen LogP contribution in [0.15, 0.2) is 36.4 Å². The summed E-state index contributed by atoms with van der Waals surface area (Å²) in [4.78, 5) is 14.2. The monoisotopic (exact) mass is 347 g/mol. The molecule has 1 saturated heterocycles. The highest BCUT2D eigenvalue weighted by Gasteiger charge is 2.24. The van der Waals surface area contributed by atoms with Gasteiger partial charge in [0.2, 0.25) is 5.91 Å². The third-order valence-electron chi connectivity index (χ3n) is 3.93. The van der Waals surface area contributed by atoms with Gasteiger partial charge in [-0.15, -0.1) is 0 Å². The molecule has 0 spiro atoms. The molecule has 1 amide bonds. The Morgan fingerprint density at radius 2 is 2.12 bits per heavy atom. The van der Waals surface area contributed by atoms with Crippen LogP contribution in [-0.4, -0.2) is 52.8 Å². The number of aliphatic hydroxyl groups excluding tert-OH is 1. The van der Waals surface area contributed by atoms with E-state index in [9.17, 15) is 9.90 Å². The van der Waals surface area contributed by atoms with Crippen molar-refractivity contribution in [2.45, 2.75) is 31.8 Å². The molecule has 1 heterocycles. The average molecular weight is 347 g/mol. The summed E-state index contributed by atoms with van der Waals surface area (Å²) >= 11 is 5.16. The number of carbonyl (C=O) groups excluding carboxylic acids is 1. The molecule has 6 heteroatoms. The van der Waals surface area contributed by atoms with E-state index in [1.165, 1.54) is 0 Å². The summed E-state index contributed by atoms with van der Waals surface area (Å²) in [5, 5.41) is 16.1. The molecule has 3 N–H and O–H groups in total. The largest absolute Gasteiger partial charge is 0.395 e. The Balaban J connectivity index is 1.90. The van der Waals surface area contributed by atoms with Crippen molar-refractivity contribution in [3.05, 3.63) is 42.0 Å². The molecular weight excluding hydrogens is 322 g/mol. The molecule has 2 rings (SSSR count). The summed E-state index contributed by atoms with van der Waals surface area (Å²) in [6, 6.07) is 10.2. The highest BCUT2D eigenvalue weighted by Crippen LogP contribution is 2.10. The zero-order valence-electron chi connectivity index (χ0n) is 13.9. The first kappa shape index (κ1) is 18.4. The number of benzene rings is 1. The maximum absolute atomic E-state index is 12.5. The summed E-state index contributed by atoms with van der Waals surface area (Å²) in [5.41, 5.74) is 1.09. The van der Waals surface area contributed by atoms with E-state index < -0.39 is 0 Å². The molecule has 1 aromatic rings. The summed E-state index contributed by atoms with van der Waals surface area (Å²) in [5.74, 6) is 0.0242. The number of aliphatic hydroxyl groups is 1. The average Bonchev–Trinajstić information content (AvgIpc) is 2.54. The van der Waals surface area contributed by atoms with Crippen LogP contribution in [0, 0.1) is 0 Å². The van der Waals surface area contributed by atoms with E-state index in [-0.39, 0.29) is 24.6 Å². The highest BCUT2D eigenvalue weighted by molar-refractivity contribution is 7.80. The van der Waals surface area contributed by atoms with E-state index in [2.05, 4.69) is 17.6 Å². The lowest BCUT2D eigenvalue weighted by atomic mass is 10.0. The molecular formula is C18H25N3O2S. The van der Waals surface area contributed by atoms with Crippen LogP contribution in [0.1, 0.15) is 25.3 Å². The Bertz CT molecular complexity index is 577. The van der Waals surface area contributed by atoms with Gasteiger partial charge in [-0.25, -0.2) is 0 Å². The van der Waals surface area contributed by atoms with Crippen LogP contribution in [0.25, 0.3) is 6.08 Å². The quantitative estimate of drug-likeness (QED) is 0.653. The number of carbonyl (C=O) groups is 1. The van der Waals surface area contributed by atoms with Gasteiger partial charge in [-0.05, 0) is 31.1 Å². The first-order valence-electron chi connectivity index (χ1n) is 8.25. The van der Waals surface area contributed by atoms with Crippen molar-refractivity contribution in [3.63, 3.8) is 0 Å². The molecule has 0 aromatic heterocycles. The number of rotatable bonds is 7. The third-order valence-corrected chi connectivity index (χ3v) is 4.17. The van der Waals surface area contributed by atoms with E-state index in [0.29, 0.717) is 24.6 Å². The van der Waals surface area contributed by atoms with Crippen molar-refractivity contribution in [1.29, 1.82) is 0 Å². The second-order valence-electron chi connectivity index (χ2n) is 6.03. The summed E-state index contributed by atoms with van der Waals surface area (Å²) < 4.78 is 0. The Kier molecular flexibility index (Phi) is 7.21. The van der Waals surface area contributed by atoms with Crippen LogP contribution < -0.4 is 10.6 Å². The van der Waals surface area contributed by atoms with E-state index in [1.807, 2.05) is 42.5 Å². The van der Waals surface area contributed by atoms with Crippen molar-refractivity contribution in [1.82, 2.24) is 15.5 Å². The molecule has 1 aliphatic heterocycles. The van der Waals surface area contributed by atoms with Gasteiger partial charge in [-0.1, -0.05) is 42.5 Å². The van der Waals surface area contributed by atoms with Gasteiger partial charge in [0.1, 0.15) is 0 Å². The molecule has 1 aliphatic rings. The fourth-order valence-electron chi connectivity index (χ4n) is 2.79. The van der Waals surface area contributed by atoms with E-state index in [0.717, 1.165) is 12.0 Å². The lowest BCUT2D eigenvalue weighted by molar-refractivity contribution is -0.131. The van der Waals surface area contributed by atoms with Gasteiger partial charge >= 0.3 is 0 Å². The molecule has 0 radical (unpaired) electrons. The topological polar surface area (TPSA) is 64.6 Å². The minimum Gasteiger partial charge on any atom is -0.395 e. The fourth-order valence-corrected chi connectivity index (χ4v) is 3.16. The summed E-state index contributed by atoms with van der Waals surface area (Å²) in [6.45, 7) is 2.83. The maximum atomic E-state index is 12.5. The highest BCUT2D eigenvalue weighted by atomic mass is 32.1. The lowest BCUT2D eigenvalue weighted by Crippen LogP contribution is -2.54. The Hall–Kier alpha value is -1.92. The number of nitrogens with zero attached hydrogens (tertiary/aromatic N) is 1. The van der Waals surface area contributed by atoms with E-state index in [1.54, 1.807) is 4.90 Å². The molecule has 1 aromatic carbocycles. The Labute approximate surface area is 148 Å². The molecule has 0 aliphatic carbocycles. The lowest BCUT2D eigenvalue weighted by Gasteiger charge is -2.32. The number of hydrogen-bond donors (Lipinski definition) is 3. The number of thiocarbonyl (C=S) groups is 1. The predicted molar refractivity (Wildman–Crippen MR) is 100 cm³/mol. The van der Waals surface area contributed by atoms with Crippen molar-refractivity contribution < 1.29 is 9.90 Å². The number of hydrogen-bond acceptors (Lipinski definition) is 3.